The van der Waals surface area contributed by atoms with Crippen molar-refractivity contribution in [3.05, 3.63) is 106 Å². The minimum Gasteiger partial charge on any atom is -0.341 e. The number of fused-ring (bicyclic) bond motifs is 4. The molecule has 4 fully saturated rings. The number of halogens is 2. The quantitative estimate of drug-likeness (QED) is 0.146. The number of hydrogen-bond acceptors (Lipinski definition) is 4. The molecule has 8 aliphatic rings. The average Bonchev–Trinajstić information content (AvgIpc) is 3.99. The van der Waals surface area contributed by atoms with Crippen LogP contribution in [0.2, 0.25) is 0 Å². The summed E-state index contributed by atoms with van der Waals surface area (Å²) < 4.78 is 32.2. The number of benzene rings is 4. The van der Waals surface area contributed by atoms with Gasteiger partial charge >= 0.3 is 0 Å². The number of H-pyrrole nitrogens is 2. The first-order valence-corrected chi connectivity index (χ1v) is 20.6. The zero-order valence-corrected chi connectivity index (χ0v) is 30.8. The van der Waals surface area contributed by atoms with Gasteiger partial charge in [-0.25, -0.2) is 18.7 Å². The standard InChI is InChI=1S/C46H48F2N6/c47-35-19-25-10-14-32-34(28-12-16-40-42(22-28)54-46(52-40)44-24-30-6-2-4-8-38(30)50-44)18-26(20-36(32)48)9-13-31(35)33(17-25)27-11-15-39-41(21-27)53-45(51-39)43-23-29-5-1-3-7-37(29)49-43/h11-12,15-22,29-30,37-38,43-44,49-50H,1-10,13-14,23-24H2,(H,51,53)(H,52,54)/t29-,30-,37-,38-,43-,44-/m0/s1. The van der Waals surface area contributed by atoms with Crippen LogP contribution in [0.3, 0.4) is 0 Å². The first-order chi connectivity index (χ1) is 26.5. The van der Waals surface area contributed by atoms with E-state index in [1.54, 1.807) is 12.1 Å². The van der Waals surface area contributed by atoms with Gasteiger partial charge in [0.25, 0.3) is 0 Å². The van der Waals surface area contributed by atoms with Gasteiger partial charge in [-0.05, 0) is 157 Å². The van der Waals surface area contributed by atoms with Crippen LogP contribution in [0.25, 0.3) is 44.3 Å². The van der Waals surface area contributed by atoms with Crippen LogP contribution >= 0.6 is 0 Å². The molecule has 6 aliphatic carbocycles. The Balaban J connectivity index is 0.889. The second kappa shape index (κ2) is 13.1. The third-order valence-electron chi connectivity index (χ3n) is 13.8. The van der Waals surface area contributed by atoms with E-state index in [1.807, 2.05) is 0 Å². The molecular weight excluding hydrogens is 675 g/mol. The van der Waals surface area contributed by atoms with Crippen molar-refractivity contribution >= 4 is 22.1 Å². The van der Waals surface area contributed by atoms with Crippen molar-refractivity contribution < 1.29 is 8.78 Å². The van der Waals surface area contributed by atoms with Crippen molar-refractivity contribution in [2.24, 2.45) is 11.8 Å². The predicted molar refractivity (Wildman–Crippen MR) is 210 cm³/mol. The van der Waals surface area contributed by atoms with E-state index in [0.29, 0.717) is 48.9 Å². The van der Waals surface area contributed by atoms with Gasteiger partial charge in [0.15, 0.2) is 0 Å². The second-order valence-electron chi connectivity index (χ2n) is 17.1. The highest BCUT2D eigenvalue weighted by molar-refractivity contribution is 5.84. The summed E-state index contributed by atoms with van der Waals surface area (Å²) in [5, 5.41) is 7.71. The molecule has 6 atom stereocenters. The third kappa shape index (κ3) is 5.79. The molecule has 4 N–H and O–H groups in total. The van der Waals surface area contributed by atoms with Gasteiger partial charge in [0.2, 0.25) is 0 Å². The summed E-state index contributed by atoms with van der Waals surface area (Å²) in [4.78, 5) is 17.3. The van der Waals surface area contributed by atoms with Gasteiger partial charge in [-0.2, -0.15) is 0 Å². The fourth-order valence-electron chi connectivity index (χ4n) is 11.0. The molecule has 6 aromatic rings. The van der Waals surface area contributed by atoms with E-state index in [9.17, 15) is 0 Å². The van der Waals surface area contributed by atoms with E-state index >= 15 is 8.78 Å². The lowest BCUT2D eigenvalue weighted by Crippen LogP contribution is -2.30. The highest BCUT2D eigenvalue weighted by Gasteiger charge is 2.38. The van der Waals surface area contributed by atoms with Crippen molar-refractivity contribution in [2.45, 2.75) is 114 Å². The second-order valence-corrected chi connectivity index (χ2v) is 17.1. The van der Waals surface area contributed by atoms with Crippen LogP contribution in [0.15, 0.2) is 60.7 Å². The molecule has 4 heterocycles. The van der Waals surface area contributed by atoms with Crippen LogP contribution in [0, 0.1) is 23.5 Å². The molecule has 4 aromatic carbocycles. The minimum atomic E-state index is -0.183. The smallest absolute Gasteiger partial charge is 0.127 e. The summed E-state index contributed by atoms with van der Waals surface area (Å²) in [7, 11) is 0. The van der Waals surface area contributed by atoms with Crippen molar-refractivity contribution in [3.63, 3.8) is 0 Å². The lowest BCUT2D eigenvalue weighted by Gasteiger charge is -2.24. The molecule has 6 nitrogen and oxygen atoms in total. The monoisotopic (exact) mass is 722 g/mol. The van der Waals surface area contributed by atoms with E-state index in [4.69, 9.17) is 9.97 Å². The molecule has 0 amide bonds. The molecule has 0 radical (unpaired) electrons. The highest BCUT2D eigenvalue weighted by Crippen LogP contribution is 2.41. The Bertz CT molecular complexity index is 2210. The first-order valence-electron chi connectivity index (χ1n) is 20.6. The number of aromatic nitrogens is 4. The van der Waals surface area contributed by atoms with Gasteiger partial charge in [-0.3, -0.25) is 0 Å². The zero-order valence-electron chi connectivity index (χ0n) is 30.8. The maximum atomic E-state index is 16.1. The zero-order chi connectivity index (χ0) is 35.9. The van der Waals surface area contributed by atoms with Gasteiger partial charge in [0.05, 0.1) is 34.2 Å². The number of nitrogens with zero attached hydrogens (tertiary/aromatic N) is 2. The summed E-state index contributed by atoms with van der Waals surface area (Å²) in [5.41, 5.74) is 10.8. The topological polar surface area (TPSA) is 81.4 Å². The number of rotatable bonds is 4. The molecule has 54 heavy (non-hydrogen) atoms. The molecule has 2 saturated carbocycles. The van der Waals surface area contributed by atoms with Crippen molar-refractivity contribution in [2.75, 3.05) is 0 Å². The van der Waals surface area contributed by atoms with E-state index in [0.717, 1.165) is 91.8 Å². The van der Waals surface area contributed by atoms with Gasteiger partial charge in [-0.1, -0.05) is 49.9 Å². The average molecular weight is 723 g/mol. The van der Waals surface area contributed by atoms with Crippen molar-refractivity contribution in [1.29, 1.82) is 0 Å². The molecule has 276 valence electrons. The number of hydrogen-bond donors (Lipinski definition) is 4. The Hall–Kier alpha value is -4.40. The predicted octanol–water partition coefficient (Wildman–Crippen LogP) is 10.1. The first kappa shape index (κ1) is 33.0. The Morgan fingerprint density at radius 2 is 0.981 bits per heavy atom. The number of nitrogens with one attached hydrogen (secondary N) is 4. The Labute approximate surface area is 315 Å². The molecule has 2 saturated heterocycles. The minimum absolute atomic E-state index is 0.183. The number of imidazole rings is 2. The van der Waals surface area contributed by atoms with Crippen LogP contribution in [0.5, 0.6) is 0 Å². The summed E-state index contributed by atoms with van der Waals surface area (Å²) in [6.07, 6.45) is 14.7. The molecule has 14 rings (SSSR count). The van der Waals surface area contributed by atoms with Crippen LogP contribution in [-0.4, -0.2) is 32.0 Å². The van der Waals surface area contributed by atoms with Crippen LogP contribution in [0.4, 0.5) is 8.78 Å². The van der Waals surface area contributed by atoms with Crippen LogP contribution in [-0.2, 0) is 25.7 Å². The summed E-state index contributed by atoms with van der Waals surface area (Å²) in [6, 6.07) is 21.9. The summed E-state index contributed by atoms with van der Waals surface area (Å²) in [5.74, 6) is 3.13. The van der Waals surface area contributed by atoms with E-state index in [2.05, 4.69) is 69.1 Å². The van der Waals surface area contributed by atoms with E-state index < -0.39 is 0 Å². The van der Waals surface area contributed by atoms with Gasteiger partial charge in [0, 0.05) is 12.1 Å². The lowest BCUT2D eigenvalue weighted by molar-refractivity contribution is 0.325. The highest BCUT2D eigenvalue weighted by atomic mass is 19.1. The molecule has 8 heteroatoms. The Morgan fingerprint density at radius 1 is 0.519 bits per heavy atom. The van der Waals surface area contributed by atoms with Gasteiger partial charge < -0.3 is 20.6 Å². The van der Waals surface area contributed by atoms with Crippen LogP contribution in [0.1, 0.15) is 110 Å². The summed E-state index contributed by atoms with van der Waals surface area (Å²) >= 11 is 0. The molecule has 2 aliphatic heterocycles. The van der Waals surface area contributed by atoms with Crippen molar-refractivity contribution in [1.82, 2.24) is 30.6 Å². The van der Waals surface area contributed by atoms with Crippen molar-refractivity contribution in [3.8, 4) is 22.3 Å². The normalized spacial score (nSPS) is 26.6. The maximum absolute atomic E-state index is 16.1. The molecule has 2 aromatic heterocycles. The molecule has 0 spiro atoms. The maximum Gasteiger partial charge on any atom is 0.127 e. The molecule has 0 unspecified atom stereocenters. The fraction of sp³-hybridized carbons (Fsp3) is 0.435. The lowest BCUT2D eigenvalue weighted by atomic mass is 9.85. The van der Waals surface area contributed by atoms with E-state index in [1.165, 1.54) is 51.4 Å². The molecule has 4 bridgehead atoms. The Kier molecular flexibility index (Phi) is 8.02. The van der Waals surface area contributed by atoms with E-state index in [-0.39, 0.29) is 23.7 Å². The van der Waals surface area contributed by atoms with Gasteiger partial charge in [0.1, 0.15) is 23.3 Å². The SMILES string of the molecule is Fc1cc2cc(-c3ccc4nc([C@@H]5C[C@@H]6CCCC[C@@H]6N5)[nH]c4c3)c1CCc1cc(F)c(c(-c3ccc4nc([C@@H]5C[C@@H]6CCCC[C@@H]6N5)[nH]c4c3)c1)CC2. The number of aromatic amines is 2. The summed E-state index contributed by atoms with van der Waals surface area (Å²) in [6.45, 7) is 0. The third-order valence-corrected chi connectivity index (χ3v) is 13.8. The van der Waals surface area contributed by atoms with Crippen LogP contribution < -0.4 is 10.6 Å². The van der Waals surface area contributed by atoms with Gasteiger partial charge in [-0.15, -0.1) is 0 Å². The fourth-order valence-corrected chi connectivity index (χ4v) is 11.0. The largest absolute Gasteiger partial charge is 0.341 e. The Morgan fingerprint density at radius 3 is 1.44 bits per heavy atom. The molecular formula is C46H48F2N6. The number of aryl methyl sites for hydroxylation is 2.